The van der Waals surface area contributed by atoms with E-state index < -0.39 is 11.8 Å². The van der Waals surface area contributed by atoms with Crippen LogP contribution in [0.15, 0.2) is 48.7 Å². The first kappa shape index (κ1) is 24.0. The summed E-state index contributed by atoms with van der Waals surface area (Å²) in [5.74, 6) is -0.733. The lowest BCUT2D eigenvalue weighted by Crippen LogP contribution is -2.20. The van der Waals surface area contributed by atoms with Crippen LogP contribution in [0.25, 0.3) is 11.3 Å². The minimum Gasteiger partial charge on any atom is -0.493 e. The molecule has 0 aliphatic heterocycles. The van der Waals surface area contributed by atoms with Crippen molar-refractivity contribution in [2.75, 3.05) is 30.8 Å². The summed E-state index contributed by atoms with van der Waals surface area (Å²) in [6.07, 6.45) is 2.13. The number of amides is 2. The van der Waals surface area contributed by atoms with Crippen molar-refractivity contribution in [3.8, 4) is 17.0 Å². The lowest BCUT2D eigenvalue weighted by Gasteiger charge is -2.17. The first-order valence-electron chi connectivity index (χ1n) is 10.4. The Bertz CT molecular complexity index is 1170. The Labute approximate surface area is 197 Å². The fraction of sp³-hybridized carbons (Fsp3) is 0.208. The molecule has 0 fully saturated rings. The monoisotopic (exact) mass is 467 g/mol. The van der Waals surface area contributed by atoms with Crippen molar-refractivity contribution >= 4 is 34.8 Å². The normalized spacial score (nSPS) is 10.5. The molecule has 0 bridgehead atoms. The molecule has 0 saturated heterocycles. The predicted molar refractivity (Wildman–Crippen MR) is 131 cm³/mol. The SMILES string of the molecule is CNc1ccc(C(=O)Nc2c(C(N)=O)cc(C)cc2-c2ccc(Cl)cn2)c(OCCCN)c1. The second kappa shape index (κ2) is 10.8. The number of carbonyl (C=O) groups is 2. The minimum atomic E-state index is -0.672. The van der Waals surface area contributed by atoms with Gasteiger partial charge in [-0.2, -0.15) is 0 Å². The smallest absolute Gasteiger partial charge is 0.259 e. The van der Waals surface area contributed by atoms with Crippen LogP contribution in [0.3, 0.4) is 0 Å². The lowest BCUT2D eigenvalue weighted by atomic mass is 9.99. The molecule has 8 nitrogen and oxygen atoms in total. The molecule has 2 amide bonds. The molecule has 172 valence electrons. The number of benzene rings is 2. The van der Waals surface area contributed by atoms with Gasteiger partial charge in [0.25, 0.3) is 11.8 Å². The first-order valence-corrected chi connectivity index (χ1v) is 10.7. The van der Waals surface area contributed by atoms with Gasteiger partial charge in [0.2, 0.25) is 0 Å². The number of aryl methyl sites for hydroxylation is 1. The number of halogens is 1. The highest BCUT2D eigenvalue weighted by Crippen LogP contribution is 2.33. The highest BCUT2D eigenvalue weighted by atomic mass is 35.5. The number of nitrogens with two attached hydrogens (primary N) is 2. The molecule has 2 aromatic carbocycles. The van der Waals surface area contributed by atoms with E-state index in [0.29, 0.717) is 47.2 Å². The van der Waals surface area contributed by atoms with E-state index in [1.165, 1.54) is 6.20 Å². The van der Waals surface area contributed by atoms with Gasteiger partial charge in [-0.3, -0.25) is 14.6 Å². The maximum Gasteiger partial charge on any atom is 0.259 e. The highest BCUT2D eigenvalue weighted by Gasteiger charge is 2.21. The van der Waals surface area contributed by atoms with Crippen LogP contribution in [-0.2, 0) is 0 Å². The van der Waals surface area contributed by atoms with Gasteiger partial charge in [-0.05, 0) is 61.9 Å². The summed E-state index contributed by atoms with van der Waals surface area (Å²) in [6.45, 7) is 2.66. The van der Waals surface area contributed by atoms with Gasteiger partial charge in [-0.15, -0.1) is 0 Å². The fourth-order valence-corrected chi connectivity index (χ4v) is 3.40. The van der Waals surface area contributed by atoms with Crippen molar-refractivity contribution < 1.29 is 14.3 Å². The van der Waals surface area contributed by atoms with E-state index >= 15 is 0 Å². The molecule has 1 heterocycles. The van der Waals surface area contributed by atoms with E-state index in [0.717, 1.165) is 11.3 Å². The average Bonchev–Trinajstić information content (AvgIpc) is 2.80. The van der Waals surface area contributed by atoms with Crippen LogP contribution in [0.4, 0.5) is 11.4 Å². The summed E-state index contributed by atoms with van der Waals surface area (Å²) in [7, 11) is 1.77. The van der Waals surface area contributed by atoms with Crippen molar-refractivity contribution in [3.05, 3.63) is 70.4 Å². The van der Waals surface area contributed by atoms with E-state index in [1.807, 2.05) is 13.0 Å². The summed E-state index contributed by atoms with van der Waals surface area (Å²) >= 11 is 5.98. The van der Waals surface area contributed by atoms with E-state index in [1.54, 1.807) is 43.4 Å². The standard InChI is InChI=1S/C24H26ClN5O3/c1-14-10-18(20-7-4-15(25)13-29-20)22(19(11-14)23(27)31)30-24(32)17-6-5-16(28-2)12-21(17)33-9-3-8-26/h4-7,10-13,28H,3,8-9,26H2,1-2H3,(H2,27,31)(H,30,32). The number of aromatic nitrogens is 1. The number of nitrogens with one attached hydrogen (secondary N) is 2. The maximum absolute atomic E-state index is 13.3. The summed E-state index contributed by atoms with van der Waals surface area (Å²) in [5.41, 5.74) is 14.6. The molecular formula is C24H26ClN5O3. The van der Waals surface area contributed by atoms with E-state index in [9.17, 15) is 9.59 Å². The number of anilines is 2. The van der Waals surface area contributed by atoms with Gasteiger partial charge in [-0.1, -0.05) is 11.6 Å². The minimum absolute atomic E-state index is 0.174. The zero-order chi connectivity index (χ0) is 24.0. The number of carbonyl (C=O) groups excluding carboxylic acids is 2. The highest BCUT2D eigenvalue weighted by molar-refractivity contribution is 6.30. The third-order valence-electron chi connectivity index (χ3n) is 4.91. The average molecular weight is 468 g/mol. The van der Waals surface area contributed by atoms with Crippen molar-refractivity contribution in [2.45, 2.75) is 13.3 Å². The molecule has 0 aliphatic carbocycles. The summed E-state index contributed by atoms with van der Waals surface area (Å²) in [6, 6.07) is 12.0. The molecule has 0 radical (unpaired) electrons. The molecule has 0 unspecified atom stereocenters. The van der Waals surface area contributed by atoms with Gasteiger partial charge in [0.05, 0.1) is 34.1 Å². The van der Waals surface area contributed by atoms with Gasteiger partial charge < -0.3 is 26.8 Å². The Hall–Kier alpha value is -3.62. The maximum atomic E-state index is 13.3. The lowest BCUT2D eigenvalue weighted by molar-refractivity contribution is 0.100. The molecule has 3 rings (SSSR count). The Morgan fingerprint density at radius 3 is 2.55 bits per heavy atom. The molecule has 0 spiro atoms. The molecule has 9 heteroatoms. The molecule has 33 heavy (non-hydrogen) atoms. The topological polar surface area (TPSA) is 132 Å². The van der Waals surface area contributed by atoms with Crippen LogP contribution in [0, 0.1) is 6.92 Å². The van der Waals surface area contributed by atoms with Crippen LogP contribution in [0.2, 0.25) is 5.02 Å². The molecule has 0 atom stereocenters. The second-order valence-electron chi connectivity index (χ2n) is 7.37. The number of hydrogen-bond donors (Lipinski definition) is 4. The van der Waals surface area contributed by atoms with Gasteiger partial charge in [0.15, 0.2) is 0 Å². The van der Waals surface area contributed by atoms with E-state index in [-0.39, 0.29) is 11.3 Å². The van der Waals surface area contributed by atoms with Crippen LogP contribution >= 0.6 is 11.6 Å². The number of primary amides is 1. The third kappa shape index (κ3) is 5.79. The molecule has 0 saturated carbocycles. The number of nitrogens with zero attached hydrogens (tertiary/aromatic N) is 1. The van der Waals surface area contributed by atoms with Crippen molar-refractivity contribution in [2.24, 2.45) is 11.5 Å². The number of ether oxygens (including phenoxy) is 1. The van der Waals surface area contributed by atoms with Gasteiger partial charge >= 0.3 is 0 Å². The molecule has 6 N–H and O–H groups in total. The largest absolute Gasteiger partial charge is 0.493 e. The number of rotatable bonds is 9. The first-order chi connectivity index (χ1) is 15.8. The summed E-state index contributed by atoms with van der Waals surface area (Å²) < 4.78 is 5.80. The van der Waals surface area contributed by atoms with Gasteiger partial charge in [0.1, 0.15) is 5.75 Å². The number of hydrogen-bond acceptors (Lipinski definition) is 6. The van der Waals surface area contributed by atoms with Gasteiger partial charge in [-0.25, -0.2) is 0 Å². The third-order valence-corrected chi connectivity index (χ3v) is 5.13. The molecule has 3 aromatic rings. The van der Waals surface area contributed by atoms with Crippen molar-refractivity contribution in [3.63, 3.8) is 0 Å². The van der Waals surface area contributed by atoms with Crippen LogP contribution in [0.5, 0.6) is 5.75 Å². The Morgan fingerprint density at radius 2 is 1.91 bits per heavy atom. The Morgan fingerprint density at radius 1 is 1.12 bits per heavy atom. The van der Waals surface area contributed by atoms with Crippen LogP contribution in [-0.4, -0.2) is 37.0 Å². The predicted octanol–water partition coefficient (Wildman–Crippen LogP) is 3.83. The van der Waals surface area contributed by atoms with E-state index in [2.05, 4.69) is 15.6 Å². The molecule has 0 aliphatic rings. The van der Waals surface area contributed by atoms with Crippen molar-refractivity contribution in [1.29, 1.82) is 0 Å². The summed E-state index contributed by atoms with van der Waals surface area (Å²) in [5, 5.41) is 6.34. The number of pyridine rings is 1. The quantitative estimate of drug-likeness (QED) is 0.353. The van der Waals surface area contributed by atoms with E-state index in [4.69, 9.17) is 27.8 Å². The Balaban J connectivity index is 2.06. The van der Waals surface area contributed by atoms with Gasteiger partial charge in [0, 0.05) is 30.6 Å². The zero-order valence-corrected chi connectivity index (χ0v) is 19.2. The van der Waals surface area contributed by atoms with Crippen LogP contribution in [0.1, 0.15) is 32.7 Å². The van der Waals surface area contributed by atoms with Crippen molar-refractivity contribution in [1.82, 2.24) is 4.98 Å². The molecular weight excluding hydrogens is 442 g/mol. The Kier molecular flexibility index (Phi) is 7.87. The molecule has 1 aromatic heterocycles. The summed E-state index contributed by atoms with van der Waals surface area (Å²) in [4.78, 5) is 29.9. The zero-order valence-electron chi connectivity index (χ0n) is 18.4. The fourth-order valence-electron chi connectivity index (χ4n) is 3.28. The van der Waals surface area contributed by atoms with Crippen LogP contribution < -0.4 is 26.8 Å². The second-order valence-corrected chi connectivity index (χ2v) is 7.80.